The van der Waals surface area contributed by atoms with Crippen LogP contribution < -0.4 is 0 Å². The summed E-state index contributed by atoms with van der Waals surface area (Å²) in [5.41, 5.74) is 1.58. The Kier molecular flexibility index (Phi) is 4.04. The van der Waals surface area contributed by atoms with Gasteiger partial charge in [0, 0.05) is 10.8 Å². The third kappa shape index (κ3) is 3.12. The lowest BCUT2D eigenvalue weighted by molar-refractivity contribution is 0.480. The number of hydrogen-bond acceptors (Lipinski definition) is 5. The number of nitrogens with zero attached hydrogens (tertiary/aromatic N) is 2. The van der Waals surface area contributed by atoms with Gasteiger partial charge in [-0.15, -0.1) is 5.11 Å². The van der Waals surface area contributed by atoms with Gasteiger partial charge in [-0.1, -0.05) is 42.0 Å². The van der Waals surface area contributed by atoms with Gasteiger partial charge in [0.25, 0.3) is 10.1 Å². The predicted octanol–water partition coefficient (Wildman–Crippen LogP) is 4.52. The van der Waals surface area contributed by atoms with Crippen LogP contribution in [0.2, 0.25) is 0 Å². The molecule has 7 heteroatoms. The second kappa shape index (κ2) is 6.03. The number of aryl methyl sites for hydroxylation is 1. The third-order valence-electron chi connectivity index (χ3n) is 3.54. The van der Waals surface area contributed by atoms with Crippen LogP contribution in [0.25, 0.3) is 10.8 Å². The first kappa shape index (κ1) is 16.1. The van der Waals surface area contributed by atoms with Crippen molar-refractivity contribution < 1.29 is 18.1 Å². The van der Waals surface area contributed by atoms with Crippen LogP contribution in [0.1, 0.15) is 5.56 Å². The van der Waals surface area contributed by atoms with Crippen molar-refractivity contribution in [3.05, 3.63) is 60.2 Å². The van der Waals surface area contributed by atoms with E-state index in [1.54, 1.807) is 30.3 Å². The number of phenols is 1. The van der Waals surface area contributed by atoms with Gasteiger partial charge in [-0.05, 0) is 25.1 Å². The van der Waals surface area contributed by atoms with Crippen molar-refractivity contribution >= 4 is 32.3 Å². The molecular weight excluding hydrogens is 328 g/mol. The maximum absolute atomic E-state index is 11.6. The summed E-state index contributed by atoms with van der Waals surface area (Å²) < 4.78 is 32.7. The summed E-state index contributed by atoms with van der Waals surface area (Å²) in [7, 11) is -4.47. The molecule has 24 heavy (non-hydrogen) atoms. The van der Waals surface area contributed by atoms with Crippen LogP contribution in [0.15, 0.2) is 69.7 Å². The molecular formula is C17H14N2O4S. The monoisotopic (exact) mass is 342 g/mol. The molecule has 0 aliphatic rings. The molecule has 2 N–H and O–H groups in total. The summed E-state index contributed by atoms with van der Waals surface area (Å²) >= 11 is 0. The molecule has 0 aliphatic carbocycles. The number of aromatic hydroxyl groups is 1. The lowest BCUT2D eigenvalue weighted by Crippen LogP contribution is -1.99. The zero-order chi connectivity index (χ0) is 17.3. The highest BCUT2D eigenvalue weighted by Gasteiger charge is 2.19. The number of hydrogen-bond donors (Lipinski definition) is 2. The SMILES string of the molecule is Cc1ccc(N=Nc2cc(S(=O)(=O)O)c3ccccc3c2O)cc1. The van der Waals surface area contributed by atoms with E-state index in [0.717, 1.165) is 11.6 Å². The summed E-state index contributed by atoms with van der Waals surface area (Å²) in [6.07, 6.45) is 0. The van der Waals surface area contributed by atoms with E-state index >= 15 is 0 Å². The van der Waals surface area contributed by atoms with Gasteiger partial charge in [0.1, 0.15) is 10.6 Å². The summed E-state index contributed by atoms with van der Waals surface area (Å²) in [5, 5.41) is 18.7. The van der Waals surface area contributed by atoms with Crippen molar-refractivity contribution in [1.29, 1.82) is 0 Å². The standard InChI is InChI=1S/C17H14N2O4S/c1-11-6-8-12(9-7-11)18-19-15-10-16(24(21,22)23)13-4-2-3-5-14(13)17(15)20/h2-10,20H,1H3,(H,21,22,23). The fourth-order valence-corrected chi connectivity index (χ4v) is 3.04. The first-order chi connectivity index (χ1) is 11.4. The smallest absolute Gasteiger partial charge is 0.295 e. The molecule has 0 saturated heterocycles. The van der Waals surface area contributed by atoms with Crippen LogP contribution in [-0.4, -0.2) is 18.1 Å². The summed E-state index contributed by atoms with van der Waals surface area (Å²) in [6.45, 7) is 1.94. The van der Waals surface area contributed by atoms with E-state index in [-0.39, 0.29) is 27.1 Å². The number of fused-ring (bicyclic) bond motifs is 1. The van der Waals surface area contributed by atoms with Crippen LogP contribution in [0.3, 0.4) is 0 Å². The summed E-state index contributed by atoms with van der Waals surface area (Å²) in [6, 6.07) is 14.6. The van der Waals surface area contributed by atoms with E-state index < -0.39 is 10.1 Å². The van der Waals surface area contributed by atoms with E-state index in [9.17, 15) is 18.1 Å². The van der Waals surface area contributed by atoms with Gasteiger partial charge in [-0.3, -0.25) is 4.55 Å². The maximum Gasteiger partial charge on any atom is 0.295 e. The van der Waals surface area contributed by atoms with Gasteiger partial charge in [-0.2, -0.15) is 13.5 Å². The molecule has 0 amide bonds. The average molecular weight is 342 g/mol. The molecule has 0 atom stereocenters. The van der Waals surface area contributed by atoms with E-state index in [4.69, 9.17) is 0 Å². The summed E-state index contributed by atoms with van der Waals surface area (Å²) in [4.78, 5) is -0.325. The molecule has 0 spiro atoms. The molecule has 0 radical (unpaired) electrons. The summed E-state index contributed by atoms with van der Waals surface area (Å²) in [5.74, 6) is -0.200. The van der Waals surface area contributed by atoms with Crippen molar-refractivity contribution in [3.63, 3.8) is 0 Å². The van der Waals surface area contributed by atoms with Gasteiger partial charge in [0.15, 0.2) is 5.75 Å². The van der Waals surface area contributed by atoms with E-state index in [0.29, 0.717) is 5.69 Å². The maximum atomic E-state index is 11.6. The second-order valence-corrected chi connectivity index (χ2v) is 6.69. The fourth-order valence-electron chi connectivity index (χ4n) is 2.33. The second-order valence-electron chi connectivity index (χ2n) is 5.30. The molecule has 0 saturated carbocycles. The molecule has 0 unspecified atom stereocenters. The minimum atomic E-state index is -4.47. The first-order valence-corrected chi connectivity index (χ1v) is 8.51. The first-order valence-electron chi connectivity index (χ1n) is 7.07. The Morgan fingerprint density at radius 1 is 0.917 bits per heavy atom. The molecule has 0 heterocycles. The molecule has 6 nitrogen and oxygen atoms in total. The third-order valence-corrected chi connectivity index (χ3v) is 4.44. The number of phenolic OH excluding ortho intramolecular Hbond substituents is 1. The Balaban J connectivity index is 2.18. The molecule has 3 aromatic carbocycles. The van der Waals surface area contributed by atoms with Crippen LogP contribution in [0.5, 0.6) is 5.75 Å². The molecule has 3 aromatic rings. The van der Waals surface area contributed by atoms with Crippen LogP contribution >= 0.6 is 0 Å². The van der Waals surface area contributed by atoms with Crippen LogP contribution in [-0.2, 0) is 10.1 Å². The molecule has 0 aliphatic heterocycles. The minimum absolute atomic E-state index is 0.0399. The zero-order valence-corrected chi connectivity index (χ0v) is 13.5. The Hall–Kier alpha value is -2.77. The predicted molar refractivity (Wildman–Crippen MR) is 90.8 cm³/mol. The van der Waals surface area contributed by atoms with Crippen molar-refractivity contribution in [2.24, 2.45) is 10.2 Å². The van der Waals surface area contributed by atoms with Gasteiger partial charge in [0.2, 0.25) is 0 Å². The van der Waals surface area contributed by atoms with Crippen molar-refractivity contribution in [1.82, 2.24) is 0 Å². The molecule has 3 rings (SSSR count). The Morgan fingerprint density at radius 3 is 2.17 bits per heavy atom. The van der Waals surface area contributed by atoms with Gasteiger partial charge < -0.3 is 5.11 Å². The molecule has 0 bridgehead atoms. The van der Waals surface area contributed by atoms with E-state index in [2.05, 4.69) is 10.2 Å². The van der Waals surface area contributed by atoms with Crippen LogP contribution in [0.4, 0.5) is 11.4 Å². The molecule has 0 fully saturated rings. The molecule has 122 valence electrons. The topological polar surface area (TPSA) is 99.3 Å². The number of rotatable bonds is 3. The van der Waals surface area contributed by atoms with Crippen molar-refractivity contribution in [3.8, 4) is 5.75 Å². The van der Waals surface area contributed by atoms with Gasteiger partial charge in [-0.25, -0.2) is 0 Å². The minimum Gasteiger partial charge on any atom is -0.505 e. The van der Waals surface area contributed by atoms with Gasteiger partial charge in [0.05, 0.1) is 5.69 Å². The van der Waals surface area contributed by atoms with Gasteiger partial charge >= 0.3 is 0 Å². The molecule has 0 aromatic heterocycles. The lowest BCUT2D eigenvalue weighted by atomic mass is 10.1. The largest absolute Gasteiger partial charge is 0.505 e. The highest BCUT2D eigenvalue weighted by molar-refractivity contribution is 7.86. The highest BCUT2D eigenvalue weighted by Crippen LogP contribution is 2.39. The fraction of sp³-hybridized carbons (Fsp3) is 0.0588. The Labute approximate surface area is 138 Å². The average Bonchev–Trinajstić information content (AvgIpc) is 2.55. The lowest BCUT2D eigenvalue weighted by Gasteiger charge is -2.08. The van der Waals surface area contributed by atoms with Crippen molar-refractivity contribution in [2.75, 3.05) is 0 Å². The zero-order valence-electron chi connectivity index (χ0n) is 12.7. The van der Waals surface area contributed by atoms with E-state index in [1.807, 2.05) is 19.1 Å². The van der Waals surface area contributed by atoms with Crippen molar-refractivity contribution in [2.45, 2.75) is 11.8 Å². The quantitative estimate of drug-likeness (QED) is 0.540. The normalized spacial score (nSPS) is 12.1. The highest BCUT2D eigenvalue weighted by atomic mass is 32.2. The number of benzene rings is 3. The Morgan fingerprint density at radius 2 is 1.54 bits per heavy atom. The van der Waals surface area contributed by atoms with E-state index in [1.165, 1.54) is 6.07 Å². The number of azo groups is 1. The van der Waals surface area contributed by atoms with Crippen LogP contribution in [0, 0.1) is 6.92 Å². The Bertz CT molecular complexity index is 1040.